The second kappa shape index (κ2) is 17.6. The van der Waals surface area contributed by atoms with Gasteiger partial charge in [0.15, 0.2) is 0 Å². The summed E-state index contributed by atoms with van der Waals surface area (Å²) in [6.45, 7) is 7.56. The number of hydrogen-bond acceptors (Lipinski definition) is 1. The van der Waals surface area contributed by atoms with Crippen LogP contribution in [0, 0.1) is 13.1 Å². The first-order chi connectivity index (χ1) is 17.1. The molecule has 38 heavy (non-hydrogen) atoms. The quantitative estimate of drug-likeness (QED) is 0.0902. The summed E-state index contributed by atoms with van der Waals surface area (Å²) in [5, 5.41) is 4.19. The SMILES string of the molecule is CC(C)=O.[C-]#[O+].[CH]1C=CC=C1.[F][Sb-]([F])([F])([F])([F])[F].[Ru+].c1ccc(P(c2ccccc2)c2ccccc2)cc1. The fourth-order valence-electron chi connectivity index (χ4n) is 2.50. The third kappa shape index (κ3) is 24.3. The predicted molar refractivity (Wildman–Crippen MR) is 140 cm³/mol. The van der Waals surface area contributed by atoms with Gasteiger partial charge in [0.25, 0.3) is 0 Å². The van der Waals surface area contributed by atoms with E-state index in [-0.39, 0.29) is 25.3 Å². The van der Waals surface area contributed by atoms with Gasteiger partial charge in [-0.1, -0.05) is 115 Å². The number of hydrogen-bond donors (Lipinski definition) is 0. The van der Waals surface area contributed by atoms with E-state index in [1.807, 2.05) is 30.7 Å². The van der Waals surface area contributed by atoms with Crippen LogP contribution < -0.4 is 15.9 Å². The van der Waals surface area contributed by atoms with Gasteiger partial charge in [0.2, 0.25) is 0 Å². The van der Waals surface area contributed by atoms with Crippen LogP contribution in [0.5, 0.6) is 0 Å². The molecule has 0 heterocycles. The summed E-state index contributed by atoms with van der Waals surface area (Å²) >= 11 is -11.2. The summed E-state index contributed by atoms with van der Waals surface area (Å²) in [5.41, 5.74) is 0. The van der Waals surface area contributed by atoms with Crippen molar-refractivity contribution in [2.24, 2.45) is 0 Å². The summed E-state index contributed by atoms with van der Waals surface area (Å²) in [6, 6.07) is 32.3. The van der Waals surface area contributed by atoms with Crippen molar-refractivity contribution in [1.29, 1.82) is 0 Å². The largest absolute Gasteiger partial charge is 1.00 e. The smallest absolute Gasteiger partial charge is 0.0622 e. The summed E-state index contributed by atoms with van der Waals surface area (Å²) in [5.74, 6) is 0.167. The topological polar surface area (TPSA) is 37.0 Å². The van der Waals surface area contributed by atoms with E-state index in [0.717, 1.165) is 0 Å². The zero-order valence-electron chi connectivity index (χ0n) is 20.4. The van der Waals surface area contributed by atoms with Crippen LogP contribution in [0.4, 0.5) is 16.9 Å². The van der Waals surface area contributed by atoms with Gasteiger partial charge in [-0.3, -0.25) is 0 Å². The maximum absolute atomic E-state index is 11.2. The van der Waals surface area contributed by atoms with Gasteiger partial charge in [0.05, 0.1) is 0 Å². The number of rotatable bonds is 3. The second-order valence-electron chi connectivity index (χ2n) is 7.17. The zero-order chi connectivity index (χ0) is 28.4. The summed E-state index contributed by atoms with van der Waals surface area (Å²) < 4.78 is 67.0. The van der Waals surface area contributed by atoms with E-state index in [1.165, 1.54) is 29.8 Å². The number of allylic oxidation sites excluding steroid dienone is 4. The second-order valence-corrected chi connectivity index (χ2v) is 14.9. The molecule has 1 aliphatic carbocycles. The number of carbonyl (C=O) groups is 1. The Morgan fingerprint density at radius 3 is 0.974 bits per heavy atom. The number of benzene rings is 3. The standard InChI is InChI=1S/C18H15P.C5H5.C3H6O.CO.6FH.Ru.Sb/c1-4-10-16(11-5-1)19(17-12-6-2-7-13-17)18-14-8-3-9-15-18;1-2-4-5-3-1;1-3(2)4;1-2;;;;;;;;/h1-15H;1-5H;1-2H3;;6*1H;;/q;;;;;;;;;;+1;+5/p-6. The molecule has 1 aliphatic rings. The molecule has 0 amide bonds. The molecule has 0 atom stereocenters. The number of Topliss-reactive ketones (excluding diaryl/α,β-unsaturated/α-hetero) is 1. The summed E-state index contributed by atoms with van der Waals surface area (Å²) in [7, 11) is -0.446. The van der Waals surface area contributed by atoms with Crippen LogP contribution >= 0.6 is 7.92 Å². The Balaban J connectivity index is 0. The van der Waals surface area contributed by atoms with Crippen molar-refractivity contribution in [3.8, 4) is 0 Å². The van der Waals surface area contributed by atoms with E-state index in [9.17, 15) is 21.7 Å². The molecule has 3 aromatic rings. The molecule has 0 saturated carbocycles. The van der Waals surface area contributed by atoms with Crippen LogP contribution in [0.25, 0.3) is 0 Å². The monoisotopic (exact) mass is 750 g/mol. The van der Waals surface area contributed by atoms with Gasteiger partial charge >= 0.3 is 67.1 Å². The number of ketones is 1. The van der Waals surface area contributed by atoms with E-state index >= 15 is 0 Å². The van der Waals surface area contributed by atoms with Crippen molar-refractivity contribution in [1.82, 2.24) is 0 Å². The van der Waals surface area contributed by atoms with Crippen molar-refractivity contribution in [3.63, 3.8) is 0 Å². The minimum absolute atomic E-state index is 0. The normalized spacial score (nSPS) is 12.6. The molecule has 2 nitrogen and oxygen atoms in total. The summed E-state index contributed by atoms with van der Waals surface area (Å²) in [4.78, 5) is 9.44. The van der Waals surface area contributed by atoms with E-state index in [0.29, 0.717) is 0 Å². The molecule has 0 bridgehead atoms. The fraction of sp³-hybridized carbons (Fsp3) is 0.0741. The molecule has 4 rings (SSSR count). The Morgan fingerprint density at radius 1 is 0.605 bits per heavy atom. The molecule has 206 valence electrons. The minimum Gasteiger partial charge on any atom is -0.0622 e. The van der Waals surface area contributed by atoms with Crippen molar-refractivity contribution in [3.05, 3.63) is 128 Å². The van der Waals surface area contributed by atoms with E-state index < -0.39 is 27.4 Å². The molecule has 0 spiro atoms. The average molecular weight is 750 g/mol. The van der Waals surface area contributed by atoms with Gasteiger partial charge in [0, 0.05) is 6.42 Å². The van der Waals surface area contributed by atoms with Gasteiger partial charge in [-0.25, -0.2) is 0 Å². The zero-order valence-corrected chi connectivity index (χ0v) is 25.6. The van der Waals surface area contributed by atoms with E-state index in [4.69, 9.17) is 4.65 Å². The maximum Gasteiger partial charge on any atom is 1.00 e. The Bertz CT molecular complexity index is 1020. The minimum atomic E-state index is -11.2. The van der Waals surface area contributed by atoms with Gasteiger partial charge in [-0.05, 0) is 37.7 Å². The molecule has 0 unspecified atom stereocenters. The van der Waals surface area contributed by atoms with Crippen LogP contribution in [0.15, 0.2) is 115 Å². The van der Waals surface area contributed by atoms with Crippen molar-refractivity contribution < 1.29 is 45.8 Å². The van der Waals surface area contributed by atoms with Crippen LogP contribution in [0.2, 0.25) is 0 Å². The number of halogens is 6. The molecule has 0 saturated heterocycles. The predicted octanol–water partition coefficient (Wildman–Crippen LogP) is 7.46. The van der Waals surface area contributed by atoms with Crippen molar-refractivity contribution in [2.45, 2.75) is 13.8 Å². The third-order valence-electron chi connectivity index (χ3n) is 3.60. The van der Waals surface area contributed by atoms with E-state index in [2.05, 4.69) is 97.6 Å². The third-order valence-corrected chi connectivity index (χ3v) is 6.04. The van der Waals surface area contributed by atoms with Gasteiger partial charge in [0.1, 0.15) is 5.78 Å². The molecule has 0 aromatic heterocycles. The first kappa shape index (κ1) is 38.2. The molecular formula is C27H26F6O2PRuSb. The molecule has 3 aromatic carbocycles. The maximum atomic E-state index is 9.93. The van der Waals surface area contributed by atoms with Crippen LogP contribution in [-0.4, -0.2) is 25.3 Å². The van der Waals surface area contributed by atoms with Crippen LogP contribution in [0.3, 0.4) is 0 Å². The molecular weight excluding hydrogens is 724 g/mol. The fourth-order valence-corrected chi connectivity index (χ4v) is 4.80. The molecule has 0 fully saturated rings. The van der Waals surface area contributed by atoms with Gasteiger partial charge < -0.3 is 4.79 Å². The Hall–Kier alpha value is -2.00. The van der Waals surface area contributed by atoms with Crippen LogP contribution in [0.1, 0.15) is 13.8 Å². The molecule has 0 N–H and O–H groups in total. The molecule has 2 radical (unpaired) electrons. The van der Waals surface area contributed by atoms with Crippen molar-refractivity contribution in [2.75, 3.05) is 0 Å². The Morgan fingerprint density at radius 2 is 0.816 bits per heavy atom. The average Bonchev–Trinajstić information content (AvgIpc) is 3.41. The molecule has 0 aliphatic heterocycles. The molecule has 11 heteroatoms. The summed E-state index contributed by atoms with van der Waals surface area (Å²) in [6.07, 6.45) is 10.0. The van der Waals surface area contributed by atoms with Crippen LogP contribution in [-0.2, 0) is 28.9 Å². The van der Waals surface area contributed by atoms with Crippen molar-refractivity contribution >= 4 is 49.1 Å². The first-order valence-corrected chi connectivity index (χ1v) is 17.6. The van der Waals surface area contributed by atoms with E-state index in [1.54, 1.807) is 0 Å². The van der Waals surface area contributed by atoms with Gasteiger partial charge in [-0.15, -0.1) is 0 Å². The van der Waals surface area contributed by atoms with Gasteiger partial charge in [-0.2, -0.15) is 0 Å². The Kier molecular flexibility index (Phi) is 17.6. The first-order valence-electron chi connectivity index (χ1n) is 10.5. The Labute approximate surface area is 236 Å². The number of carbonyl (C=O) groups excluding carboxylic acids is 1.